The molecule has 6 fully saturated rings. The second kappa shape index (κ2) is 3.90. The maximum Gasteiger partial charge on any atom is 0.0942 e. The lowest BCUT2D eigenvalue weighted by atomic mass is 9.01. The summed E-state index contributed by atoms with van der Waals surface area (Å²) in [5.74, 6) is 10.7. The van der Waals surface area contributed by atoms with Gasteiger partial charge in [-0.3, -0.25) is 9.68 Å². The van der Waals surface area contributed by atoms with Crippen LogP contribution in [0.5, 0.6) is 0 Å². The molecule has 0 amide bonds. The minimum atomic E-state index is -0.0488. The SMILES string of the molecule is C12C3C4C1C1C2C3C41.CN(OCCO)OCCO. The minimum Gasteiger partial charge on any atom is -0.394 e. The molecule has 0 bridgehead atoms. The van der Waals surface area contributed by atoms with E-state index in [-0.39, 0.29) is 26.4 Å². The Morgan fingerprint density at radius 2 is 1.00 bits per heavy atom. The number of hydroxylamine groups is 2. The summed E-state index contributed by atoms with van der Waals surface area (Å²) >= 11 is 0. The zero-order valence-electron chi connectivity index (χ0n) is 10.6. The highest BCUT2D eigenvalue weighted by Crippen LogP contribution is 3.00. The van der Waals surface area contributed by atoms with E-state index < -0.39 is 0 Å². The molecule has 6 aliphatic rings. The number of nitrogens with zero attached hydrogens (tertiary/aromatic N) is 1. The van der Waals surface area contributed by atoms with Gasteiger partial charge >= 0.3 is 0 Å². The van der Waals surface area contributed by atoms with Crippen LogP contribution in [0.3, 0.4) is 0 Å². The quantitative estimate of drug-likeness (QED) is 0.641. The van der Waals surface area contributed by atoms with Gasteiger partial charge in [0, 0.05) is 7.05 Å². The summed E-state index contributed by atoms with van der Waals surface area (Å²) in [7, 11) is 1.55. The number of hydrogen-bond donors (Lipinski definition) is 2. The van der Waals surface area contributed by atoms with Crippen LogP contribution in [0.2, 0.25) is 0 Å². The van der Waals surface area contributed by atoms with Crippen LogP contribution in [0.25, 0.3) is 0 Å². The highest BCUT2D eigenvalue weighted by molar-refractivity contribution is 5.44. The van der Waals surface area contributed by atoms with Crippen molar-refractivity contribution in [2.24, 2.45) is 47.3 Å². The van der Waals surface area contributed by atoms with Gasteiger partial charge in [0.15, 0.2) is 0 Å². The summed E-state index contributed by atoms with van der Waals surface area (Å²) in [6, 6.07) is 0. The molecule has 6 rings (SSSR count). The van der Waals surface area contributed by atoms with Gasteiger partial charge in [-0.05, 0) is 47.3 Å². The molecule has 2 N–H and O–H groups in total. The molecule has 0 saturated heterocycles. The van der Waals surface area contributed by atoms with Gasteiger partial charge < -0.3 is 10.2 Å². The summed E-state index contributed by atoms with van der Waals surface area (Å²) in [6.45, 7) is 0.295. The zero-order chi connectivity index (χ0) is 12.4. The zero-order valence-corrected chi connectivity index (χ0v) is 10.6. The fraction of sp³-hybridized carbons (Fsp3) is 1.00. The molecule has 102 valence electrons. The largest absolute Gasteiger partial charge is 0.394 e. The van der Waals surface area contributed by atoms with Crippen molar-refractivity contribution in [1.29, 1.82) is 0 Å². The van der Waals surface area contributed by atoms with Crippen molar-refractivity contribution in [3.63, 3.8) is 0 Å². The summed E-state index contributed by atoms with van der Waals surface area (Å²) < 4.78 is 0. The molecule has 0 heterocycles. The van der Waals surface area contributed by atoms with Crippen molar-refractivity contribution in [2.45, 2.75) is 0 Å². The second-order valence-corrected chi connectivity index (χ2v) is 6.17. The third-order valence-corrected chi connectivity index (χ3v) is 6.06. The van der Waals surface area contributed by atoms with Crippen LogP contribution in [0.4, 0.5) is 0 Å². The van der Waals surface area contributed by atoms with Gasteiger partial charge in [-0.25, -0.2) is 0 Å². The van der Waals surface area contributed by atoms with Crippen molar-refractivity contribution in [3.05, 3.63) is 0 Å². The molecule has 5 nitrogen and oxygen atoms in total. The standard InChI is InChI=1S/C8H8.C5H13NO4/c1-2-5-3(1)7-4(1)6(2)8(5)7;1-6(9-4-2-7)10-5-3-8/h1-8H;7-8H,2-5H2,1H3. The first-order valence-electron chi connectivity index (χ1n) is 7.02. The van der Waals surface area contributed by atoms with Crippen LogP contribution in [0, 0.1) is 47.3 Å². The average molecular weight is 255 g/mol. The van der Waals surface area contributed by atoms with Crippen LogP contribution < -0.4 is 0 Å². The average Bonchev–Trinajstić information content (AvgIpc) is 2.44. The molecule has 5 heteroatoms. The first kappa shape index (κ1) is 11.6. The van der Waals surface area contributed by atoms with Gasteiger partial charge in [0.25, 0.3) is 0 Å². The number of aliphatic hydroxyl groups excluding tert-OH is 2. The van der Waals surface area contributed by atoms with Crippen LogP contribution in [0.15, 0.2) is 0 Å². The van der Waals surface area contributed by atoms with E-state index in [0.29, 0.717) is 0 Å². The minimum absolute atomic E-state index is 0.0488. The molecule has 0 radical (unpaired) electrons. The topological polar surface area (TPSA) is 62.2 Å². The molecule has 6 saturated carbocycles. The van der Waals surface area contributed by atoms with E-state index in [2.05, 4.69) is 0 Å². The van der Waals surface area contributed by atoms with Gasteiger partial charge in [0.05, 0.1) is 26.4 Å². The van der Waals surface area contributed by atoms with Crippen LogP contribution in [0.1, 0.15) is 0 Å². The Labute approximate surface area is 107 Å². The molecular weight excluding hydrogens is 234 g/mol. The van der Waals surface area contributed by atoms with E-state index in [1.54, 1.807) is 7.05 Å². The smallest absolute Gasteiger partial charge is 0.0942 e. The van der Waals surface area contributed by atoms with Gasteiger partial charge in [-0.15, -0.1) is 0 Å². The lowest BCUT2D eigenvalue weighted by Gasteiger charge is -3.03. The van der Waals surface area contributed by atoms with Crippen molar-refractivity contribution < 1.29 is 19.9 Å². The predicted molar refractivity (Wildman–Crippen MR) is 61.8 cm³/mol. The van der Waals surface area contributed by atoms with Crippen molar-refractivity contribution in [1.82, 2.24) is 5.23 Å². The molecule has 0 atom stereocenters. The van der Waals surface area contributed by atoms with Crippen LogP contribution in [-0.4, -0.2) is 48.9 Å². The molecule has 0 aromatic rings. The predicted octanol–water partition coefficient (Wildman–Crippen LogP) is -0.250. The van der Waals surface area contributed by atoms with Crippen molar-refractivity contribution >= 4 is 0 Å². The molecule has 0 aliphatic heterocycles. The van der Waals surface area contributed by atoms with Crippen molar-refractivity contribution in [3.8, 4) is 0 Å². The van der Waals surface area contributed by atoms with Gasteiger partial charge in [-0.1, -0.05) is 5.23 Å². The number of hydrogen-bond acceptors (Lipinski definition) is 5. The highest BCUT2D eigenvalue weighted by atomic mass is 16.9. The maximum atomic E-state index is 8.28. The Kier molecular flexibility index (Phi) is 2.51. The summed E-state index contributed by atoms with van der Waals surface area (Å²) in [5, 5.41) is 17.7. The lowest BCUT2D eigenvalue weighted by Crippen LogP contribution is -3.00. The molecule has 6 aliphatic carbocycles. The monoisotopic (exact) mass is 255 g/mol. The van der Waals surface area contributed by atoms with E-state index in [1.807, 2.05) is 0 Å². The first-order chi connectivity index (χ1) is 8.81. The van der Waals surface area contributed by atoms with Crippen LogP contribution in [-0.2, 0) is 9.68 Å². The second-order valence-electron chi connectivity index (χ2n) is 6.17. The number of rotatable bonds is 6. The fourth-order valence-corrected chi connectivity index (χ4v) is 5.66. The Morgan fingerprint density at radius 1 is 0.722 bits per heavy atom. The maximum absolute atomic E-state index is 8.28. The van der Waals surface area contributed by atoms with Crippen LogP contribution >= 0.6 is 0 Å². The Bertz CT molecular complexity index is 234. The summed E-state index contributed by atoms with van der Waals surface area (Å²) in [6.07, 6.45) is 0. The third-order valence-electron chi connectivity index (χ3n) is 6.06. The highest BCUT2D eigenvalue weighted by Gasteiger charge is 2.97. The lowest BCUT2D eigenvalue weighted by molar-refractivity contribution is -0.565. The molecule has 0 aromatic carbocycles. The molecular formula is C13H21NO4. The number of aliphatic hydroxyl groups is 2. The Morgan fingerprint density at radius 3 is 1.22 bits per heavy atom. The van der Waals surface area contributed by atoms with Gasteiger partial charge in [0.2, 0.25) is 0 Å². The molecule has 18 heavy (non-hydrogen) atoms. The van der Waals surface area contributed by atoms with E-state index in [1.165, 1.54) is 47.3 Å². The Hall–Kier alpha value is -0.200. The van der Waals surface area contributed by atoms with E-state index >= 15 is 0 Å². The molecule has 0 aromatic heterocycles. The summed E-state index contributed by atoms with van der Waals surface area (Å²) in [4.78, 5) is 9.49. The normalized spacial score (nSPS) is 54.0. The van der Waals surface area contributed by atoms with E-state index in [4.69, 9.17) is 19.9 Å². The first-order valence-corrected chi connectivity index (χ1v) is 7.02. The van der Waals surface area contributed by atoms with Gasteiger partial charge in [-0.2, -0.15) is 0 Å². The van der Waals surface area contributed by atoms with Gasteiger partial charge in [0.1, 0.15) is 0 Å². The Balaban J connectivity index is 0.0000000976. The summed E-state index contributed by atoms with van der Waals surface area (Å²) in [5.41, 5.74) is 0. The molecule has 0 unspecified atom stereocenters. The van der Waals surface area contributed by atoms with Crippen molar-refractivity contribution in [2.75, 3.05) is 33.5 Å². The third kappa shape index (κ3) is 1.11. The molecule has 0 spiro atoms. The van der Waals surface area contributed by atoms with E-state index in [9.17, 15) is 0 Å². The van der Waals surface area contributed by atoms with E-state index in [0.717, 1.165) is 5.23 Å². The fourth-order valence-electron chi connectivity index (χ4n) is 5.66.